The van der Waals surface area contributed by atoms with E-state index in [0.717, 1.165) is 24.4 Å². The number of rotatable bonds is 6. The third kappa shape index (κ3) is 3.04. The summed E-state index contributed by atoms with van der Waals surface area (Å²) in [6.45, 7) is 7.87. The zero-order valence-corrected chi connectivity index (χ0v) is 13.8. The zero-order valence-electron chi connectivity index (χ0n) is 13.0. The average Bonchev–Trinajstić information content (AvgIpc) is 3.24. The van der Waals surface area contributed by atoms with E-state index in [9.17, 15) is 4.79 Å². The van der Waals surface area contributed by atoms with Crippen LogP contribution in [-0.2, 0) is 17.7 Å². The lowest BCUT2D eigenvalue weighted by molar-refractivity contribution is 0.0433. The Bertz CT molecular complexity index is 682. The minimum absolute atomic E-state index is 0.0878. The molecule has 0 N–H and O–H groups in total. The number of thiazole rings is 1. The maximum Gasteiger partial charge on any atom is 0.273 e. The third-order valence-corrected chi connectivity index (χ3v) is 4.46. The van der Waals surface area contributed by atoms with Crippen LogP contribution in [0.2, 0.25) is 0 Å². The van der Waals surface area contributed by atoms with Gasteiger partial charge in [-0.2, -0.15) is 0 Å². The molecule has 1 aliphatic rings. The molecule has 1 amide bonds. The maximum absolute atomic E-state index is 12.7. The van der Waals surface area contributed by atoms with Crippen LogP contribution in [-0.4, -0.2) is 50.5 Å². The summed E-state index contributed by atoms with van der Waals surface area (Å²) in [5.74, 6) is -0.0878. The zero-order chi connectivity index (χ0) is 16.2. The van der Waals surface area contributed by atoms with Crippen molar-refractivity contribution in [3.63, 3.8) is 0 Å². The first-order chi connectivity index (χ1) is 11.3. The largest absolute Gasteiger partial charge is 0.375 e. The second-order valence-corrected chi connectivity index (χ2v) is 5.92. The molecule has 0 aromatic carbocycles. The molecule has 122 valence electrons. The van der Waals surface area contributed by atoms with E-state index in [4.69, 9.17) is 4.74 Å². The predicted molar refractivity (Wildman–Crippen MR) is 86.3 cm³/mol. The van der Waals surface area contributed by atoms with E-state index in [-0.39, 0.29) is 11.9 Å². The molecule has 23 heavy (non-hydrogen) atoms. The van der Waals surface area contributed by atoms with Crippen LogP contribution in [0, 0.1) is 0 Å². The van der Waals surface area contributed by atoms with Gasteiger partial charge in [0, 0.05) is 24.9 Å². The van der Waals surface area contributed by atoms with E-state index in [0.29, 0.717) is 25.5 Å². The number of aromatic nitrogens is 4. The topological polar surface area (TPSA) is 73.1 Å². The number of amides is 1. The number of fused-ring (bicyclic) bond motifs is 1. The summed E-state index contributed by atoms with van der Waals surface area (Å²) in [6, 6.07) is -0.242. The third-order valence-electron chi connectivity index (χ3n) is 3.87. The van der Waals surface area contributed by atoms with Crippen LogP contribution in [0.25, 0.3) is 0 Å². The van der Waals surface area contributed by atoms with Crippen molar-refractivity contribution in [2.24, 2.45) is 0 Å². The summed E-state index contributed by atoms with van der Waals surface area (Å²) in [4.78, 5) is 18.6. The minimum atomic E-state index is -0.242. The van der Waals surface area contributed by atoms with Crippen molar-refractivity contribution >= 4 is 17.2 Å². The summed E-state index contributed by atoms with van der Waals surface area (Å²) in [5.41, 5.74) is 4.04. The number of ether oxygens (including phenoxy) is 1. The van der Waals surface area contributed by atoms with Gasteiger partial charge >= 0.3 is 0 Å². The fraction of sp³-hybridized carbons (Fsp3) is 0.467. The van der Waals surface area contributed by atoms with E-state index >= 15 is 0 Å². The monoisotopic (exact) mass is 333 g/mol. The first kappa shape index (κ1) is 15.8. The van der Waals surface area contributed by atoms with Crippen molar-refractivity contribution in [2.75, 3.05) is 19.8 Å². The van der Waals surface area contributed by atoms with Crippen LogP contribution < -0.4 is 0 Å². The molecule has 1 unspecified atom stereocenters. The molecule has 3 heterocycles. The van der Waals surface area contributed by atoms with Crippen LogP contribution in [0.1, 0.15) is 34.8 Å². The van der Waals surface area contributed by atoms with Gasteiger partial charge < -0.3 is 9.64 Å². The summed E-state index contributed by atoms with van der Waals surface area (Å²) in [7, 11) is 0. The van der Waals surface area contributed by atoms with Gasteiger partial charge in [0.25, 0.3) is 5.91 Å². The number of carbonyl (C=O) groups is 1. The van der Waals surface area contributed by atoms with Crippen LogP contribution in [0.5, 0.6) is 0 Å². The molecule has 1 aliphatic heterocycles. The first-order valence-corrected chi connectivity index (χ1v) is 8.50. The van der Waals surface area contributed by atoms with E-state index < -0.39 is 0 Å². The Balaban J connectivity index is 1.89. The van der Waals surface area contributed by atoms with E-state index in [1.807, 2.05) is 11.6 Å². The molecule has 8 heteroatoms. The Morgan fingerprint density at radius 2 is 2.48 bits per heavy atom. The Morgan fingerprint density at radius 3 is 3.17 bits per heavy atom. The molecule has 1 atom stereocenters. The van der Waals surface area contributed by atoms with Gasteiger partial charge in [-0.25, -0.2) is 9.67 Å². The number of nitrogens with zero attached hydrogens (tertiary/aromatic N) is 5. The van der Waals surface area contributed by atoms with Gasteiger partial charge in [0.05, 0.1) is 24.4 Å². The Labute approximate surface area is 138 Å². The molecule has 2 aromatic heterocycles. The molecule has 0 aliphatic carbocycles. The molecule has 0 spiro atoms. The van der Waals surface area contributed by atoms with Crippen LogP contribution >= 0.6 is 11.3 Å². The predicted octanol–water partition coefficient (Wildman–Crippen LogP) is 1.70. The van der Waals surface area contributed by atoms with E-state index in [1.54, 1.807) is 21.9 Å². The molecular weight excluding hydrogens is 314 g/mol. The summed E-state index contributed by atoms with van der Waals surface area (Å²) < 4.78 is 7.50. The van der Waals surface area contributed by atoms with Gasteiger partial charge in [-0.05, 0) is 6.92 Å². The van der Waals surface area contributed by atoms with Crippen molar-refractivity contribution < 1.29 is 9.53 Å². The maximum atomic E-state index is 12.7. The fourth-order valence-electron chi connectivity index (χ4n) is 2.79. The molecule has 0 fully saturated rings. The van der Waals surface area contributed by atoms with Gasteiger partial charge in [-0.15, -0.1) is 23.0 Å². The van der Waals surface area contributed by atoms with Crippen LogP contribution in [0.4, 0.5) is 0 Å². The van der Waals surface area contributed by atoms with Crippen LogP contribution in [0.15, 0.2) is 23.5 Å². The Morgan fingerprint density at radius 1 is 1.61 bits per heavy atom. The molecule has 0 bridgehead atoms. The molecule has 0 saturated carbocycles. The average molecular weight is 333 g/mol. The summed E-state index contributed by atoms with van der Waals surface area (Å²) >= 11 is 1.41. The van der Waals surface area contributed by atoms with Crippen molar-refractivity contribution in [3.05, 3.63) is 40.6 Å². The van der Waals surface area contributed by atoms with E-state index in [1.165, 1.54) is 11.3 Å². The Hall–Kier alpha value is -2.06. The standard InChI is InChI=1S/C15H19N5O2S/c1-3-7-22-8-13-14-12(20(4-2)18-17-14)5-6-19(13)15(21)11-9-23-10-16-11/h3,9-10,13H,1,4-8H2,2H3. The first-order valence-electron chi connectivity index (χ1n) is 7.56. The molecule has 0 radical (unpaired) electrons. The number of hydrogen-bond acceptors (Lipinski definition) is 6. The van der Waals surface area contributed by atoms with Crippen LogP contribution in [0.3, 0.4) is 0 Å². The number of hydrogen-bond donors (Lipinski definition) is 0. The lowest BCUT2D eigenvalue weighted by Crippen LogP contribution is -2.42. The number of aryl methyl sites for hydroxylation is 1. The number of carbonyl (C=O) groups excluding carboxylic acids is 1. The van der Waals surface area contributed by atoms with Crippen molar-refractivity contribution in [1.29, 1.82) is 0 Å². The van der Waals surface area contributed by atoms with Crippen molar-refractivity contribution in [3.8, 4) is 0 Å². The second kappa shape index (κ2) is 7.01. The highest BCUT2D eigenvalue weighted by atomic mass is 32.1. The lowest BCUT2D eigenvalue weighted by atomic mass is 10.0. The van der Waals surface area contributed by atoms with Crippen molar-refractivity contribution in [2.45, 2.75) is 25.9 Å². The highest BCUT2D eigenvalue weighted by molar-refractivity contribution is 7.07. The van der Waals surface area contributed by atoms with Gasteiger partial charge in [-0.3, -0.25) is 4.79 Å². The van der Waals surface area contributed by atoms with Crippen molar-refractivity contribution in [1.82, 2.24) is 24.9 Å². The fourth-order valence-corrected chi connectivity index (χ4v) is 3.31. The second-order valence-electron chi connectivity index (χ2n) is 5.20. The quantitative estimate of drug-likeness (QED) is 0.594. The van der Waals surface area contributed by atoms with Gasteiger partial charge in [0.15, 0.2) is 0 Å². The highest BCUT2D eigenvalue weighted by Crippen LogP contribution is 2.29. The van der Waals surface area contributed by atoms with Gasteiger partial charge in [0.1, 0.15) is 17.4 Å². The molecule has 0 saturated heterocycles. The minimum Gasteiger partial charge on any atom is -0.375 e. The van der Waals surface area contributed by atoms with E-state index in [2.05, 4.69) is 21.9 Å². The molecule has 7 nitrogen and oxygen atoms in total. The Kier molecular flexibility index (Phi) is 4.82. The summed E-state index contributed by atoms with van der Waals surface area (Å²) in [5, 5.41) is 10.3. The normalized spacial score (nSPS) is 17.1. The lowest BCUT2D eigenvalue weighted by Gasteiger charge is -2.34. The molecule has 2 aromatic rings. The molecule has 3 rings (SSSR count). The van der Waals surface area contributed by atoms with Gasteiger partial charge in [0.2, 0.25) is 0 Å². The molecular formula is C15H19N5O2S. The highest BCUT2D eigenvalue weighted by Gasteiger charge is 2.35. The smallest absolute Gasteiger partial charge is 0.273 e. The van der Waals surface area contributed by atoms with Gasteiger partial charge in [-0.1, -0.05) is 11.3 Å². The summed E-state index contributed by atoms with van der Waals surface area (Å²) in [6.07, 6.45) is 2.43. The SMILES string of the molecule is C=CCOCC1c2nnn(CC)c2CCN1C(=O)c1cscn1.